The third kappa shape index (κ3) is 5.94. The van der Waals surface area contributed by atoms with Gasteiger partial charge in [-0.3, -0.25) is 9.78 Å². The fraction of sp³-hybridized carbons (Fsp3) is 0.423. The molecule has 4 rings (SSSR count). The zero-order valence-corrected chi connectivity index (χ0v) is 21.8. The van der Waals surface area contributed by atoms with Gasteiger partial charge < -0.3 is 19.9 Å². The minimum absolute atomic E-state index is 0.134. The van der Waals surface area contributed by atoms with Gasteiger partial charge in [0.1, 0.15) is 0 Å². The summed E-state index contributed by atoms with van der Waals surface area (Å²) < 4.78 is 32.9. The van der Waals surface area contributed by atoms with Gasteiger partial charge in [-0.15, -0.1) is 0 Å². The molecular formula is C26H33N5O5S. The van der Waals surface area contributed by atoms with Crippen LogP contribution in [0.5, 0.6) is 0 Å². The van der Waals surface area contributed by atoms with Crippen LogP contribution in [0.1, 0.15) is 25.3 Å². The summed E-state index contributed by atoms with van der Waals surface area (Å²) >= 11 is 0. The lowest BCUT2D eigenvalue weighted by molar-refractivity contribution is -0.135. The number of piperazine rings is 1. The fourth-order valence-electron chi connectivity index (χ4n) is 4.90. The van der Waals surface area contributed by atoms with Gasteiger partial charge in [0.15, 0.2) is 0 Å². The van der Waals surface area contributed by atoms with E-state index in [0.29, 0.717) is 31.5 Å². The van der Waals surface area contributed by atoms with Crippen LogP contribution in [-0.2, 0) is 19.6 Å². The normalized spacial score (nSPS) is 18.4. The molecule has 2 aromatic rings. The van der Waals surface area contributed by atoms with E-state index in [2.05, 4.69) is 21.8 Å². The quantitative estimate of drug-likeness (QED) is 0.561. The number of rotatable bonds is 8. The monoisotopic (exact) mass is 527 g/mol. The van der Waals surface area contributed by atoms with Crippen LogP contribution in [0.3, 0.4) is 0 Å². The van der Waals surface area contributed by atoms with E-state index in [4.69, 9.17) is 4.74 Å². The lowest BCUT2D eigenvalue weighted by Gasteiger charge is -2.46. The molecule has 2 amide bonds. The molecule has 0 spiro atoms. The van der Waals surface area contributed by atoms with Crippen molar-refractivity contribution in [3.05, 3.63) is 60.9 Å². The molecule has 0 atom stereocenters. The third-order valence-corrected chi connectivity index (χ3v) is 8.84. The molecule has 2 saturated heterocycles. The van der Waals surface area contributed by atoms with Gasteiger partial charge in [0.05, 0.1) is 23.6 Å². The summed E-state index contributed by atoms with van der Waals surface area (Å²) in [6, 6.07) is 10.5. The van der Waals surface area contributed by atoms with Crippen LogP contribution >= 0.6 is 0 Å². The summed E-state index contributed by atoms with van der Waals surface area (Å²) in [4.78, 5) is 33.7. The van der Waals surface area contributed by atoms with E-state index < -0.39 is 21.7 Å². The van der Waals surface area contributed by atoms with E-state index in [-0.39, 0.29) is 43.6 Å². The van der Waals surface area contributed by atoms with Crippen molar-refractivity contribution in [3.8, 4) is 0 Å². The van der Waals surface area contributed by atoms with Crippen LogP contribution in [-0.4, -0.2) is 86.0 Å². The van der Waals surface area contributed by atoms with Crippen molar-refractivity contribution >= 4 is 33.8 Å². The number of pyridine rings is 1. The molecule has 37 heavy (non-hydrogen) atoms. The molecule has 198 valence electrons. The molecule has 0 aliphatic carbocycles. The van der Waals surface area contributed by atoms with Crippen molar-refractivity contribution in [2.75, 3.05) is 50.8 Å². The smallest absolute Gasteiger partial charge is 0.407 e. The van der Waals surface area contributed by atoms with Crippen molar-refractivity contribution in [1.29, 1.82) is 0 Å². The predicted octanol–water partition coefficient (Wildman–Crippen LogP) is 2.34. The zero-order chi connectivity index (χ0) is 26.5. The van der Waals surface area contributed by atoms with Crippen LogP contribution in [0.2, 0.25) is 0 Å². The molecular weight excluding hydrogens is 494 g/mol. The Bertz CT molecular complexity index is 1230. The number of hydrogen-bond acceptors (Lipinski definition) is 7. The van der Waals surface area contributed by atoms with Crippen molar-refractivity contribution in [2.45, 2.75) is 30.2 Å². The number of carbonyl (C=O) groups excluding carboxylic acids is 2. The van der Waals surface area contributed by atoms with Gasteiger partial charge in [-0.1, -0.05) is 30.9 Å². The SMILES string of the molecule is C=Cc1ccccc1S(=O)(=O)N1CCN(CC2(NC(=O)OCC)CCN(c3ccncc3)CC2)C(=O)C1. The van der Waals surface area contributed by atoms with E-state index in [1.807, 2.05) is 12.1 Å². The van der Waals surface area contributed by atoms with Crippen LogP contribution in [0.4, 0.5) is 10.5 Å². The van der Waals surface area contributed by atoms with Crippen LogP contribution < -0.4 is 10.2 Å². The highest BCUT2D eigenvalue weighted by Gasteiger charge is 2.42. The summed E-state index contributed by atoms with van der Waals surface area (Å²) in [6.07, 6.45) is 5.67. The van der Waals surface area contributed by atoms with Crippen LogP contribution in [0.15, 0.2) is 60.3 Å². The number of ether oxygens (including phenoxy) is 1. The van der Waals surface area contributed by atoms with Crippen molar-refractivity contribution in [1.82, 2.24) is 19.5 Å². The van der Waals surface area contributed by atoms with Crippen LogP contribution in [0.25, 0.3) is 6.08 Å². The molecule has 10 nitrogen and oxygen atoms in total. The number of piperidine rings is 1. The van der Waals surface area contributed by atoms with Gasteiger partial charge >= 0.3 is 6.09 Å². The lowest BCUT2D eigenvalue weighted by atomic mass is 9.86. The molecule has 3 heterocycles. The summed E-state index contributed by atoms with van der Waals surface area (Å²) in [5.74, 6) is -0.299. The van der Waals surface area contributed by atoms with Gasteiger partial charge in [-0.25, -0.2) is 13.2 Å². The maximum Gasteiger partial charge on any atom is 0.407 e. The third-order valence-electron chi connectivity index (χ3n) is 6.92. The first kappa shape index (κ1) is 26.6. The second-order valence-electron chi connectivity index (χ2n) is 9.21. The molecule has 2 fully saturated rings. The van der Waals surface area contributed by atoms with E-state index in [1.54, 1.807) is 42.4 Å². The Hall–Kier alpha value is -3.44. The highest BCUT2D eigenvalue weighted by atomic mass is 32.2. The standard InChI is InChI=1S/C26H33N5O5S/c1-3-21-7-5-6-8-23(21)37(34,35)31-18-17-30(24(32)19-31)20-26(28-25(33)36-4-2)11-15-29(16-12-26)22-9-13-27-14-10-22/h3,5-10,13-14H,1,4,11-12,15-20H2,2H3,(H,28,33). The number of alkyl carbamates (subject to hydrolysis) is 1. The molecule has 2 aliphatic rings. The number of nitrogens with one attached hydrogen (secondary N) is 1. The highest BCUT2D eigenvalue weighted by Crippen LogP contribution is 2.29. The molecule has 2 aliphatic heterocycles. The van der Waals surface area contributed by atoms with Crippen molar-refractivity contribution in [3.63, 3.8) is 0 Å². The first-order valence-corrected chi connectivity index (χ1v) is 13.8. The minimum atomic E-state index is -3.86. The van der Waals surface area contributed by atoms with Crippen LogP contribution in [0, 0.1) is 0 Å². The van der Waals surface area contributed by atoms with Gasteiger partial charge in [0, 0.05) is 50.8 Å². The highest BCUT2D eigenvalue weighted by molar-refractivity contribution is 7.89. The predicted molar refractivity (Wildman–Crippen MR) is 140 cm³/mol. The second kappa shape index (κ2) is 11.3. The fourth-order valence-corrected chi connectivity index (χ4v) is 6.48. The molecule has 1 N–H and O–H groups in total. The first-order valence-electron chi connectivity index (χ1n) is 12.4. The maximum absolute atomic E-state index is 13.3. The van der Waals surface area contributed by atoms with Gasteiger partial charge in [0.25, 0.3) is 0 Å². The number of carbonyl (C=O) groups is 2. The summed E-state index contributed by atoms with van der Waals surface area (Å²) in [5, 5.41) is 3.02. The summed E-state index contributed by atoms with van der Waals surface area (Å²) in [5.41, 5.74) is 0.868. The Morgan fingerprint density at radius 3 is 2.49 bits per heavy atom. The number of benzene rings is 1. The Morgan fingerprint density at radius 1 is 1.14 bits per heavy atom. The number of hydrogen-bond donors (Lipinski definition) is 1. The average molecular weight is 528 g/mol. The molecule has 1 aromatic heterocycles. The number of anilines is 1. The molecule has 0 saturated carbocycles. The second-order valence-corrected chi connectivity index (χ2v) is 11.1. The van der Waals surface area contributed by atoms with Gasteiger partial charge in [-0.05, 0) is 43.5 Å². The van der Waals surface area contributed by atoms with E-state index >= 15 is 0 Å². The Balaban J connectivity index is 1.47. The Kier molecular flexibility index (Phi) is 8.13. The van der Waals surface area contributed by atoms with E-state index in [1.165, 1.54) is 16.4 Å². The zero-order valence-electron chi connectivity index (χ0n) is 21.0. The summed E-state index contributed by atoms with van der Waals surface area (Å²) in [6.45, 7) is 7.46. The molecule has 11 heteroatoms. The van der Waals surface area contributed by atoms with Gasteiger partial charge in [-0.2, -0.15) is 4.31 Å². The molecule has 0 radical (unpaired) electrons. The molecule has 1 aromatic carbocycles. The number of nitrogens with zero attached hydrogens (tertiary/aromatic N) is 4. The number of amides is 2. The van der Waals surface area contributed by atoms with Gasteiger partial charge in [0.2, 0.25) is 15.9 Å². The van der Waals surface area contributed by atoms with E-state index in [9.17, 15) is 18.0 Å². The van der Waals surface area contributed by atoms with Crippen molar-refractivity contribution in [2.24, 2.45) is 0 Å². The maximum atomic E-state index is 13.3. The van der Waals surface area contributed by atoms with E-state index in [0.717, 1.165) is 5.69 Å². The summed E-state index contributed by atoms with van der Waals surface area (Å²) in [7, 11) is -3.86. The lowest BCUT2D eigenvalue weighted by Crippen LogP contribution is -2.64. The average Bonchev–Trinajstić information content (AvgIpc) is 2.91. The van der Waals surface area contributed by atoms with Crippen molar-refractivity contribution < 1.29 is 22.7 Å². The first-order chi connectivity index (χ1) is 17.8. The topological polar surface area (TPSA) is 112 Å². The Labute approximate surface area is 218 Å². The minimum Gasteiger partial charge on any atom is -0.450 e. The molecule has 0 bridgehead atoms. The number of aromatic nitrogens is 1. The largest absolute Gasteiger partial charge is 0.450 e. The molecule has 0 unspecified atom stereocenters. The number of sulfonamides is 1. The Morgan fingerprint density at radius 2 is 1.84 bits per heavy atom.